The molecule has 0 atom stereocenters. The SMILES string of the molecule is O=Cc1c(Cl)ccc2c1C1c3ccccc3C2c2ccccc21. The number of hydrogen-bond acceptors (Lipinski definition) is 1. The number of hydrogen-bond donors (Lipinski definition) is 0. The largest absolute Gasteiger partial charge is 0.298 e. The van der Waals surface area contributed by atoms with E-state index in [0.29, 0.717) is 10.6 Å². The molecule has 0 aliphatic heterocycles. The fourth-order valence-electron chi connectivity index (χ4n) is 4.37. The molecule has 0 aromatic heterocycles. The van der Waals surface area contributed by atoms with Crippen LogP contribution in [0, 0.1) is 0 Å². The molecule has 0 saturated heterocycles. The molecular formula is C21H13ClO. The second kappa shape index (κ2) is 4.56. The summed E-state index contributed by atoms with van der Waals surface area (Å²) >= 11 is 6.32. The molecule has 2 heteroatoms. The fourth-order valence-corrected chi connectivity index (χ4v) is 4.58. The first-order valence-corrected chi connectivity index (χ1v) is 8.14. The van der Waals surface area contributed by atoms with E-state index in [2.05, 4.69) is 54.6 Å². The molecule has 3 aromatic carbocycles. The van der Waals surface area contributed by atoms with E-state index in [1.165, 1.54) is 27.8 Å². The van der Waals surface area contributed by atoms with Gasteiger partial charge in [-0.3, -0.25) is 4.79 Å². The molecule has 110 valence electrons. The molecule has 0 N–H and O–H groups in total. The maximum atomic E-state index is 11.7. The van der Waals surface area contributed by atoms with Gasteiger partial charge in [0.25, 0.3) is 0 Å². The van der Waals surface area contributed by atoms with Crippen molar-refractivity contribution in [2.24, 2.45) is 0 Å². The third-order valence-electron chi connectivity index (χ3n) is 5.22. The van der Waals surface area contributed by atoms with E-state index in [1.54, 1.807) is 0 Å². The minimum absolute atomic E-state index is 0.0984. The standard InChI is InChI=1S/C21H13ClO/c22-18-10-9-16-19-12-5-1-3-7-14(12)20(21(16)17(18)11-23)15-8-4-2-6-13(15)19/h1-11,19-20H. The number of carbonyl (C=O) groups is 1. The monoisotopic (exact) mass is 316 g/mol. The molecule has 1 nitrogen and oxygen atoms in total. The maximum absolute atomic E-state index is 11.7. The Kier molecular flexibility index (Phi) is 2.60. The summed E-state index contributed by atoms with van der Waals surface area (Å²) in [6.45, 7) is 0. The van der Waals surface area contributed by atoms with Crippen LogP contribution in [0.1, 0.15) is 55.6 Å². The van der Waals surface area contributed by atoms with E-state index < -0.39 is 0 Å². The summed E-state index contributed by atoms with van der Waals surface area (Å²) in [5, 5.41) is 0.543. The Morgan fingerprint density at radius 1 is 0.696 bits per heavy atom. The average molecular weight is 317 g/mol. The van der Waals surface area contributed by atoms with Gasteiger partial charge in [0.05, 0.1) is 5.02 Å². The normalized spacial score (nSPS) is 19.7. The quantitative estimate of drug-likeness (QED) is 0.391. The van der Waals surface area contributed by atoms with Gasteiger partial charge in [0.1, 0.15) is 0 Å². The molecule has 6 rings (SSSR count). The first-order chi connectivity index (χ1) is 11.3. The molecule has 0 saturated carbocycles. The topological polar surface area (TPSA) is 17.1 Å². The third kappa shape index (κ3) is 1.55. The van der Waals surface area contributed by atoms with Crippen molar-refractivity contribution in [3.63, 3.8) is 0 Å². The van der Waals surface area contributed by atoms with Crippen molar-refractivity contribution in [1.29, 1.82) is 0 Å². The summed E-state index contributed by atoms with van der Waals surface area (Å²) in [5.41, 5.74) is 8.26. The molecule has 0 amide bonds. The Balaban J connectivity index is 1.94. The van der Waals surface area contributed by atoms with Crippen LogP contribution in [0.15, 0.2) is 60.7 Å². The van der Waals surface area contributed by atoms with Crippen molar-refractivity contribution in [1.82, 2.24) is 0 Å². The lowest BCUT2D eigenvalue weighted by Crippen LogP contribution is -2.28. The highest BCUT2D eigenvalue weighted by molar-refractivity contribution is 6.33. The third-order valence-corrected chi connectivity index (χ3v) is 5.55. The van der Waals surface area contributed by atoms with E-state index in [1.807, 2.05) is 6.07 Å². The van der Waals surface area contributed by atoms with Crippen LogP contribution in [0.5, 0.6) is 0 Å². The molecule has 0 unspecified atom stereocenters. The van der Waals surface area contributed by atoms with Crippen molar-refractivity contribution in [3.05, 3.63) is 105 Å². The summed E-state index contributed by atoms with van der Waals surface area (Å²) in [4.78, 5) is 11.7. The molecule has 0 radical (unpaired) electrons. The van der Waals surface area contributed by atoms with Gasteiger partial charge in [0, 0.05) is 17.4 Å². The molecule has 0 fully saturated rings. The Bertz CT molecular complexity index is 926. The molecule has 3 aliphatic carbocycles. The van der Waals surface area contributed by atoms with Gasteiger partial charge in [-0.2, -0.15) is 0 Å². The van der Waals surface area contributed by atoms with Crippen molar-refractivity contribution in [2.45, 2.75) is 11.8 Å². The molecule has 3 aliphatic rings. The highest BCUT2D eigenvalue weighted by Crippen LogP contribution is 2.56. The van der Waals surface area contributed by atoms with Gasteiger partial charge >= 0.3 is 0 Å². The van der Waals surface area contributed by atoms with Crippen LogP contribution in [0.4, 0.5) is 0 Å². The molecular weight excluding hydrogens is 304 g/mol. The Morgan fingerprint density at radius 2 is 1.22 bits per heavy atom. The Morgan fingerprint density at radius 3 is 1.74 bits per heavy atom. The lowest BCUT2D eigenvalue weighted by atomic mass is 9.60. The summed E-state index contributed by atoms with van der Waals surface area (Å²) in [5.74, 6) is 0.291. The second-order valence-electron chi connectivity index (χ2n) is 6.21. The number of carbonyl (C=O) groups excluding carboxylic acids is 1. The van der Waals surface area contributed by atoms with Gasteiger partial charge < -0.3 is 0 Å². The van der Waals surface area contributed by atoms with Crippen molar-refractivity contribution in [2.75, 3.05) is 0 Å². The van der Waals surface area contributed by atoms with E-state index in [9.17, 15) is 4.79 Å². The lowest BCUT2D eigenvalue weighted by molar-refractivity contribution is 0.112. The summed E-state index contributed by atoms with van der Waals surface area (Å²) in [6.07, 6.45) is 0.910. The van der Waals surface area contributed by atoms with Gasteiger partial charge in [-0.05, 0) is 39.4 Å². The minimum atomic E-state index is 0.0984. The predicted molar refractivity (Wildman–Crippen MR) is 91.6 cm³/mol. The van der Waals surface area contributed by atoms with E-state index >= 15 is 0 Å². The van der Waals surface area contributed by atoms with Crippen molar-refractivity contribution >= 4 is 17.9 Å². The first kappa shape index (κ1) is 13.1. The van der Waals surface area contributed by atoms with Crippen LogP contribution < -0.4 is 0 Å². The average Bonchev–Trinajstić information content (AvgIpc) is 2.61. The van der Waals surface area contributed by atoms with Crippen LogP contribution >= 0.6 is 11.6 Å². The fraction of sp³-hybridized carbons (Fsp3) is 0.0952. The Labute approximate surface area is 139 Å². The smallest absolute Gasteiger partial charge is 0.151 e. The lowest BCUT2D eigenvalue weighted by Gasteiger charge is -2.42. The van der Waals surface area contributed by atoms with E-state index in [0.717, 1.165) is 11.8 Å². The minimum Gasteiger partial charge on any atom is -0.298 e. The van der Waals surface area contributed by atoms with Crippen LogP contribution in [0.3, 0.4) is 0 Å². The molecule has 2 bridgehead atoms. The number of halogens is 1. The van der Waals surface area contributed by atoms with Crippen LogP contribution in [0.2, 0.25) is 5.02 Å². The van der Waals surface area contributed by atoms with Gasteiger partial charge in [-0.1, -0.05) is 66.2 Å². The maximum Gasteiger partial charge on any atom is 0.151 e. The van der Waals surface area contributed by atoms with Gasteiger partial charge in [0.2, 0.25) is 0 Å². The van der Waals surface area contributed by atoms with Gasteiger partial charge in [-0.25, -0.2) is 0 Å². The Hall–Kier alpha value is -2.38. The highest BCUT2D eigenvalue weighted by Gasteiger charge is 2.42. The highest BCUT2D eigenvalue weighted by atomic mass is 35.5. The van der Waals surface area contributed by atoms with Gasteiger partial charge in [0.15, 0.2) is 6.29 Å². The zero-order valence-corrected chi connectivity index (χ0v) is 13.0. The predicted octanol–water partition coefficient (Wildman–Crippen LogP) is 5.14. The van der Waals surface area contributed by atoms with Crippen LogP contribution in [0.25, 0.3) is 0 Å². The molecule has 23 heavy (non-hydrogen) atoms. The van der Waals surface area contributed by atoms with E-state index in [4.69, 9.17) is 11.6 Å². The zero-order chi connectivity index (χ0) is 15.6. The van der Waals surface area contributed by atoms with Crippen LogP contribution in [-0.4, -0.2) is 6.29 Å². The number of aldehydes is 1. The van der Waals surface area contributed by atoms with Crippen molar-refractivity contribution in [3.8, 4) is 0 Å². The van der Waals surface area contributed by atoms with Gasteiger partial charge in [-0.15, -0.1) is 0 Å². The molecule has 0 spiro atoms. The van der Waals surface area contributed by atoms with Crippen molar-refractivity contribution < 1.29 is 4.79 Å². The zero-order valence-electron chi connectivity index (χ0n) is 12.3. The molecule has 0 heterocycles. The summed E-state index contributed by atoms with van der Waals surface area (Å²) < 4.78 is 0. The summed E-state index contributed by atoms with van der Waals surface area (Å²) in [6, 6.07) is 21.1. The van der Waals surface area contributed by atoms with E-state index in [-0.39, 0.29) is 11.8 Å². The van der Waals surface area contributed by atoms with Crippen LogP contribution in [-0.2, 0) is 0 Å². The number of benzene rings is 3. The second-order valence-corrected chi connectivity index (χ2v) is 6.61. The number of rotatable bonds is 1. The summed E-state index contributed by atoms with van der Waals surface area (Å²) in [7, 11) is 0. The molecule has 3 aromatic rings. The first-order valence-electron chi connectivity index (χ1n) is 7.76.